The van der Waals surface area contributed by atoms with Crippen LogP contribution >= 0.6 is 0 Å². The van der Waals surface area contributed by atoms with Gasteiger partial charge in [-0.05, 0) is 18.6 Å². The first kappa shape index (κ1) is 19.8. The van der Waals surface area contributed by atoms with Crippen LogP contribution in [-0.2, 0) is 6.42 Å². The minimum absolute atomic E-state index is 0.0382. The lowest BCUT2D eigenvalue weighted by atomic mass is 10.00. The molecule has 0 bridgehead atoms. The van der Waals surface area contributed by atoms with Crippen molar-refractivity contribution in [3.05, 3.63) is 47.9 Å². The van der Waals surface area contributed by atoms with Crippen LogP contribution in [0.15, 0.2) is 35.2 Å². The molecule has 1 aliphatic rings. The Morgan fingerprint density at radius 2 is 2.03 bits per heavy atom. The monoisotopic (exact) mass is 409 g/mol. The van der Waals surface area contributed by atoms with E-state index in [1.165, 1.54) is 6.33 Å². The maximum Gasteiger partial charge on any atom is 0.261 e. The van der Waals surface area contributed by atoms with Gasteiger partial charge < -0.3 is 18.9 Å². The smallest absolute Gasteiger partial charge is 0.261 e. The lowest BCUT2D eigenvalue weighted by molar-refractivity contribution is 0.0783. The van der Waals surface area contributed by atoms with E-state index in [9.17, 15) is 4.79 Å². The molecule has 4 rings (SSSR count). The minimum Gasteiger partial charge on any atom is -0.496 e. The van der Waals surface area contributed by atoms with Crippen LogP contribution in [0.1, 0.15) is 41.2 Å². The second kappa shape index (κ2) is 8.48. The average molecular weight is 409 g/mol. The van der Waals surface area contributed by atoms with Crippen molar-refractivity contribution in [3.8, 4) is 22.9 Å². The normalized spacial score (nSPS) is 16.0. The summed E-state index contributed by atoms with van der Waals surface area (Å²) in [4.78, 5) is 28.1. The highest BCUT2D eigenvalue weighted by Crippen LogP contribution is 2.35. The van der Waals surface area contributed by atoms with Crippen LogP contribution in [0.25, 0.3) is 11.4 Å². The Bertz CT molecular complexity index is 1030. The second-order valence-electron chi connectivity index (χ2n) is 6.96. The van der Waals surface area contributed by atoms with Crippen LogP contribution in [0.5, 0.6) is 11.5 Å². The van der Waals surface area contributed by atoms with Crippen molar-refractivity contribution in [2.45, 2.75) is 25.7 Å². The maximum absolute atomic E-state index is 13.3. The third-order valence-corrected chi connectivity index (χ3v) is 5.26. The minimum atomic E-state index is -0.129. The molecule has 3 aromatic rings. The Morgan fingerprint density at radius 3 is 2.70 bits per heavy atom. The van der Waals surface area contributed by atoms with Gasteiger partial charge in [0.15, 0.2) is 0 Å². The predicted molar refractivity (Wildman–Crippen MR) is 108 cm³/mol. The van der Waals surface area contributed by atoms with Crippen molar-refractivity contribution in [3.63, 3.8) is 0 Å². The van der Waals surface area contributed by atoms with Crippen molar-refractivity contribution in [1.82, 2.24) is 25.0 Å². The van der Waals surface area contributed by atoms with Crippen LogP contribution in [0.4, 0.5) is 0 Å². The molecule has 0 radical (unpaired) electrons. The molecule has 1 unspecified atom stereocenters. The first-order chi connectivity index (χ1) is 14.7. The number of hydrogen-bond donors (Lipinski definition) is 0. The summed E-state index contributed by atoms with van der Waals surface area (Å²) in [6.45, 7) is 3.06. The predicted octanol–water partition coefficient (Wildman–Crippen LogP) is 2.74. The van der Waals surface area contributed by atoms with Gasteiger partial charge in [0.1, 0.15) is 23.4 Å². The van der Waals surface area contributed by atoms with Crippen molar-refractivity contribution < 1.29 is 18.8 Å². The standard InChI is InChI=1S/C21H23N5O4/c1-4-17-24-20(25-30-17)14-10-22-12-23-19(14)13-8-9-26(11-13)21(27)18-15(28-2)6-5-7-16(18)29-3/h5-7,10,12-13H,4,8-9,11H2,1-3H3. The van der Waals surface area contributed by atoms with Crippen molar-refractivity contribution in [2.24, 2.45) is 0 Å². The first-order valence-corrected chi connectivity index (χ1v) is 9.79. The fourth-order valence-corrected chi connectivity index (χ4v) is 3.73. The van der Waals surface area contributed by atoms with Crippen molar-refractivity contribution >= 4 is 5.91 Å². The van der Waals surface area contributed by atoms with Gasteiger partial charge in [-0.25, -0.2) is 9.97 Å². The molecule has 9 nitrogen and oxygen atoms in total. The second-order valence-corrected chi connectivity index (χ2v) is 6.96. The number of ether oxygens (including phenoxy) is 2. The lowest BCUT2D eigenvalue weighted by Crippen LogP contribution is -2.29. The summed E-state index contributed by atoms with van der Waals surface area (Å²) < 4.78 is 16.0. The highest BCUT2D eigenvalue weighted by atomic mass is 16.5. The molecule has 3 heterocycles. The Hall–Kier alpha value is -3.49. The van der Waals surface area contributed by atoms with Crippen LogP contribution in [-0.4, -0.2) is 58.2 Å². The summed E-state index contributed by atoms with van der Waals surface area (Å²) in [7, 11) is 3.09. The molecule has 30 heavy (non-hydrogen) atoms. The molecule has 1 saturated heterocycles. The molecular formula is C21H23N5O4. The first-order valence-electron chi connectivity index (χ1n) is 9.79. The molecule has 1 aromatic carbocycles. The largest absolute Gasteiger partial charge is 0.496 e. The molecule has 0 spiro atoms. The number of rotatable bonds is 6. The van der Waals surface area contributed by atoms with E-state index in [-0.39, 0.29) is 11.8 Å². The molecule has 0 aliphatic carbocycles. The van der Waals surface area contributed by atoms with E-state index in [4.69, 9.17) is 14.0 Å². The molecule has 0 N–H and O–H groups in total. The lowest BCUT2D eigenvalue weighted by Gasteiger charge is -2.20. The molecule has 1 amide bonds. The van der Waals surface area contributed by atoms with E-state index < -0.39 is 0 Å². The zero-order valence-corrected chi connectivity index (χ0v) is 17.2. The van der Waals surface area contributed by atoms with E-state index in [1.54, 1.807) is 43.5 Å². The Kier molecular flexibility index (Phi) is 5.60. The summed E-state index contributed by atoms with van der Waals surface area (Å²) in [5, 5.41) is 4.06. The molecular weight excluding hydrogens is 386 g/mol. The van der Waals surface area contributed by atoms with Gasteiger partial charge in [0.25, 0.3) is 5.91 Å². The van der Waals surface area contributed by atoms with Crippen LogP contribution in [0.3, 0.4) is 0 Å². The molecule has 1 fully saturated rings. The van der Waals surface area contributed by atoms with Gasteiger partial charge in [-0.3, -0.25) is 4.79 Å². The highest BCUT2D eigenvalue weighted by Gasteiger charge is 2.33. The number of likely N-dealkylation sites (tertiary alicyclic amines) is 1. The number of methoxy groups -OCH3 is 2. The van der Waals surface area contributed by atoms with Gasteiger partial charge in [0, 0.05) is 31.6 Å². The summed E-state index contributed by atoms with van der Waals surface area (Å²) >= 11 is 0. The summed E-state index contributed by atoms with van der Waals surface area (Å²) in [6, 6.07) is 5.31. The SMILES string of the molecule is CCc1nc(-c2cncnc2C2CCN(C(=O)c3c(OC)cccc3OC)C2)no1. The Morgan fingerprint density at radius 1 is 1.27 bits per heavy atom. The van der Waals surface area contributed by atoms with E-state index in [0.717, 1.165) is 17.7 Å². The fraction of sp³-hybridized carbons (Fsp3) is 0.381. The molecule has 2 aromatic heterocycles. The van der Waals surface area contributed by atoms with Crippen molar-refractivity contribution in [1.29, 1.82) is 0 Å². The highest BCUT2D eigenvalue weighted by molar-refractivity contribution is 6.00. The number of amides is 1. The Balaban J connectivity index is 1.60. The van der Waals surface area contributed by atoms with Gasteiger partial charge in [0.2, 0.25) is 11.7 Å². The zero-order chi connectivity index (χ0) is 21.1. The summed E-state index contributed by atoms with van der Waals surface area (Å²) in [5.41, 5.74) is 1.97. The van der Waals surface area contributed by atoms with Crippen LogP contribution < -0.4 is 9.47 Å². The van der Waals surface area contributed by atoms with Crippen LogP contribution in [0, 0.1) is 0 Å². The summed E-state index contributed by atoms with van der Waals surface area (Å²) in [6.07, 6.45) is 4.63. The molecule has 156 valence electrons. The number of carbonyl (C=O) groups excluding carboxylic acids is 1. The molecule has 0 saturated carbocycles. The quantitative estimate of drug-likeness (QED) is 0.612. The summed E-state index contributed by atoms with van der Waals surface area (Å²) in [5.74, 6) is 1.92. The fourth-order valence-electron chi connectivity index (χ4n) is 3.73. The van der Waals surface area contributed by atoms with E-state index in [1.807, 2.05) is 6.92 Å². The number of hydrogen-bond acceptors (Lipinski definition) is 8. The van der Waals surface area contributed by atoms with Crippen molar-refractivity contribution in [2.75, 3.05) is 27.3 Å². The van der Waals surface area contributed by atoms with Gasteiger partial charge in [-0.2, -0.15) is 4.98 Å². The Labute approximate surface area is 174 Å². The topological polar surface area (TPSA) is 103 Å². The molecule has 1 atom stereocenters. The van der Waals surface area contributed by atoms with Gasteiger partial charge >= 0.3 is 0 Å². The number of aromatic nitrogens is 4. The zero-order valence-electron chi connectivity index (χ0n) is 17.2. The van der Waals surface area contributed by atoms with E-state index in [0.29, 0.717) is 48.3 Å². The average Bonchev–Trinajstić information content (AvgIpc) is 3.48. The number of aryl methyl sites for hydroxylation is 1. The van der Waals surface area contributed by atoms with E-state index >= 15 is 0 Å². The van der Waals surface area contributed by atoms with E-state index in [2.05, 4.69) is 20.1 Å². The van der Waals surface area contributed by atoms with Gasteiger partial charge in [-0.15, -0.1) is 0 Å². The molecule has 9 heteroatoms. The van der Waals surface area contributed by atoms with Gasteiger partial charge in [0.05, 0.1) is 25.5 Å². The maximum atomic E-state index is 13.3. The van der Waals surface area contributed by atoms with Crippen LogP contribution in [0.2, 0.25) is 0 Å². The number of carbonyl (C=O) groups is 1. The number of nitrogens with zero attached hydrogens (tertiary/aromatic N) is 5. The number of benzene rings is 1. The third-order valence-electron chi connectivity index (χ3n) is 5.26. The third kappa shape index (κ3) is 3.58. The van der Waals surface area contributed by atoms with Gasteiger partial charge in [-0.1, -0.05) is 18.1 Å². The molecule has 1 aliphatic heterocycles.